The van der Waals surface area contributed by atoms with Gasteiger partial charge in [0.25, 0.3) is 0 Å². The molecule has 14 heavy (non-hydrogen) atoms. The second-order valence-corrected chi connectivity index (χ2v) is 1.42. The third kappa shape index (κ3) is 30.0. The van der Waals surface area contributed by atoms with Crippen LogP contribution in [0.1, 0.15) is 8.35 Å². The van der Waals surface area contributed by atoms with Crippen molar-refractivity contribution in [1.82, 2.24) is 4.90 Å². The first-order valence-corrected chi connectivity index (χ1v) is 37.4. The number of nitrogens with zero attached hydrogens (tertiary/aromatic N) is 1. The molecule has 0 aromatic carbocycles. The third-order valence-electron chi connectivity index (χ3n) is 0.909. The molecule has 0 rings (SSSR count). The van der Waals surface area contributed by atoms with E-state index < -0.39 is 6.09 Å². The third-order valence-corrected chi connectivity index (χ3v) is 0.909. The van der Waals surface area contributed by atoms with Gasteiger partial charge in [-0.05, 0) is 6.92 Å². The first kappa shape index (κ1) is 39.3. The Hall–Kier alpha value is 10.1. The standard InChI is InChI=1S/C5H10NO2.6Rb.H/c1-4-6(2)5(7)8-3;;;;;;;/h3-4H2,1-2H3;;;;;;;/q-1;;;4*+1;-1. The van der Waals surface area contributed by atoms with E-state index in [1.165, 1.54) is 4.90 Å². The number of carbonyl (C=O) groups is 1. The molecule has 0 unspecified atom stereocenters. The fraction of sp³-hybridized carbons (Fsp3) is 0.600. The van der Waals surface area contributed by atoms with Gasteiger partial charge >= 0.3 is 307 Å². The van der Waals surface area contributed by atoms with Crippen molar-refractivity contribution in [3.8, 4) is 0 Å². The van der Waals surface area contributed by atoms with Crippen LogP contribution in [0.4, 0.5) is 4.79 Å². The molecule has 1 amide bonds. The summed E-state index contributed by atoms with van der Waals surface area (Å²) in [4.78, 5) is 11.8. The summed E-state index contributed by atoms with van der Waals surface area (Å²) in [7, 11) is 4.61. The summed E-state index contributed by atoms with van der Waals surface area (Å²) < 4.78 is 4.14. The van der Waals surface area contributed by atoms with Gasteiger partial charge < -0.3 is 11.1 Å². The summed E-state index contributed by atoms with van der Waals surface area (Å²) >= 11 is 2.32. The summed E-state index contributed by atoms with van der Waals surface area (Å²) in [6.07, 6.45) is -0.396. The average Bonchev–Trinajstić information content (AvgIpc) is 2.05. The summed E-state index contributed by atoms with van der Waals surface area (Å²) in [5, 5.41) is 0. The van der Waals surface area contributed by atoms with Crippen molar-refractivity contribution in [3.63, 3.8) is 0 Å². The Labute approximate surface area is 334 Å². The molecule has 0 atom stereocenters. The van der Waals surface area contributed by atoms with E-state index in [1.807, 2.05) is 6.92 Å². The molecule has 0 bridgehead atoms. The van der Waals surface area contributed by atoms with E-state index in [1.54, 1.807) is 7.05 Å². The van der Waals surface area contributed by atoms with Crippen LogP contribution >= 0.6 is 0 Å². The Morgan fingerprint density at radius 3 is 1.71 bits per heavy atom. The molecule has 0 spiro atoms. The van der Waals surface area contributed by atoms with Gasteiger partial charge in [-0.3, -0.25) is 0 Å². The van der Waals surface area contributed by atoms with E-state index >= 15 is 0 Å². The number of rotatable bonds is 1. The van der Waals surface area contributed by atoms with Gasteiger partial charge in [0.15, 0.2) is 0 Å². The number of carbonyl (C=O) groups excluding carboxylic acids is 1. The Kier molecular flexibility index (Phi) is 96.6. The molecule has 0 saturated carbocycles. The summed E-state index contributed by atoms with van der Waals surface area (Å²) in [5.74, 6) is 0. The van der Waals surface area contributed by atoms with Crippen LogP contribution in [0.2, 0.25) is 0 Å². The molecule has 0 radical (unpaired) electrons. The zero-order valence-electron chi connectivity index (χ0n) is 12.2. The Morgan fingerprint density at radius 2 is 1.64 bits per heavy atom. The van der Waals surface area contributed by atoms with Gasteiger partial charge in [0.2, 0.25) is 0 Å². The summed E-state index contributed by atoms with van der Waals surface area (Å²) in [6, 6.07) is 0. The van der Waals surface area contributed by atoms with Crippen LogP contribution < -0.4 is 233 Å². The van der Waals surface area contributed by atoms with Crippen LogP contribution in [0.25, 0.3) is 0 Å². The molecular weight excluding hydrogens is 619 g/mol. The normalized spacial score (nSPS) is 5.36. The van der Waals surface area contributed by atoms with Crippen LogP contribution in [0.15, 0.2) is 0 Å². The van der Waals surface area contributed by atoms with E-state index in [4.69, 9.17) is 0 Å². The van der Waals surface area contributed by atoms with Gasteiger partial charge in [-0.15, -0.1) is 0 Å². The van der Waals surface area contributed by atoms with Gasteiger partial charge in [-0.2, -0.15) is 7.11 Å². The Bertz CT molecular complexity index is 102. The molecule has 0 aliphatic heterocycles. The van der Waals surface area contributed by atoms with E-state index in [0.29, 0.717) is 6.54 Å². The minimum absolute atomic E-state index is 0. The molecule has 0 saturated heterocycles. The second-order valence-electron chi connectivity index (χ2n) is 1.42. The van der Waals surface area contributed by atoms with Crippen molar-refractivity contribution in [1.29, 1.82) is 0 Å². The van der Waals surface area contributed by atoms with Gasteiger partial charge in [-0.25, -0.2) is 4.79 Å². The number of amides is 1. The number of ether oxygens (including phenoxy) is 1. The SMILES string of the molecule is [CH2-]OC(=O)N(C)CC.[H-].[Rb+].[Rb+].[Rb+].[Rb+].[Rb][Rb]. The fourth-order valence-electron chi connectivity index (χ4n) is 0.239. The molecule has 52 valence electrons. The predicted octanol–water partition coefficient (Wildman–Crippen LogP) is -11.8. The number of hydrogen-bond donors (Lipinski definition) is 0. The second kappa shape index (κ2) is 34.4. The maximum atomic E-state index is 10.4. The topological polar surface area (TPSA) is 29.5 Å². The van der Waals surface area contributed by atoms with Crippen molar-refractivity contribution in [2.75, 3.05) is 13.6 Å². The van der Waals surface area contributed by atoms with Crippen molar-refractivity contribution >= 4 is 73.8 Å². The van der Waals surface area contributed by atoms with Crippen LogP contribution in [0, 0.1) is 7.11 Å². The van der Waals surface area contributed by atoms with Crippen LogP contribution in [0.5, 0.6) is 0 Å². The minimum atomic E-state index is -0.396. The monoisotopic (exact) mass is 627 g/mol. The molecule has 0 N–H and O–H groups in total. The predicted molar refractivity (Wildman–Crippen MR) is 42.8 cm³/mol. The Morgan fingerprint density at radius 1 is 1.36 bits per heavy atom. The molecule has 0 heterocycles. The zero-order chi connectivity index (χ0) is 8.57. The van der Waals surface area contributed by atoms with Gasteiger partial charge in [0.1, 0.15) is 0 Å². The number of hydrogen-bond acceptors (Lipinski definition) is 2. The van der Waals surface area contributed by atoms with Gasteiger partial charge in [0, 0.05) is 13.6 Å². The molecule has 0 aliphatic carbocycles. The van der Waals surface area contributed by atoms with Crippen molar-refractivity contribution in [2.24, 2.45) is 0 Å². The van der Waals surface area contributed by atoms with E-state index in [9.17, 15) is 4.79 Å². The fourth-order valence-corrected chi connectivity index (χ4v) is 0.239. The van der Waals surface area contributed by atoms with E-state index in [2.05, 4.69) is 11.8 Å². The van der Waals surface area contributed by atoms with Crippen LogP contribution in [-0.2, 0) is 4.74 Å². The van der Waals surface area contributed by atoms with E-state index in [-0.39, 0.29) is 234 Å². The van der Waals surface area contributed by atoms with Gasteiger partial charge in [0.05, 0.1) is 0 Å². The molecule has 0 fully saturated rings. The Balaban J connectivity index is -0.0000000172. The van der Waals surface area contributed by atoms with Crippen LogP contribution in [-0.4, -0.2) is 92.3 Å². The van der Waals surface area contributed by atoms with Gasteiger partial charge in [-0.1, -0.05) is 0 Å². The van der Waals surface area contributed by atoms with E-state index in [0.717, 1.165) is 67.7 Å². The quantitative estimate of drug-likeness (QED) is 0.270. The maximum absolute atomic E-state index is 10.4. The van der Waals surface area contributed by atoms with Crippen molar-refractivity contribution < 1.29 is 244 Å². The van der Waals surface area contributed by atoms with Crippen molar-refractivity contribution in [3.05, 3.63) is 7.11 Å². The molecule has 9 heteroatoms. The van der Waals surface area contributed by atoms with Crippen LogP contribution in [0.3, 0.4) is 0 Å². The zero-order valence-corrected chi connectivity index (χ0v) is 40.7. The average molecular weight is 630 g/mol. The first-order chi connectivity index (χ1) is 4.72. The van der Waals surface area contributed by atoms with Crippen molar-refractivity contribution in [2.45, 2.75) is 6.92 Å². The summed E-state index contributed by atoms with van der Waals surface area (Å²) in [6.45, 7) is 2.51. The molecule has 0 aromatic rings. The first-order valence-electron chi connectivity index (χ1n) is 3.39. The molecule has 0 aromatic heterocycles. The molecule has 0 aliphatic rings. The molecule has 3 nitrogen and oxygen atoms in total. The summed E-state index contributed by atoms with van der Waals surface area (Å²) in [5.41, 5.74) is 0. The molecular formula is C5H11NO2Rb6+2.